The van der Waals surface area contributed by atoms with E-state index in [4.69, 9.17) is 9.40 Å². The summed E-state index contributed by atoms with van der Waals surface area (Å²) in [6, 6.07) is 15.3. The predicted octanol–water partition coefficient (Wildman–Crippen LogP) is 6.67. The summed E-state index contributed by atoms with van der Waals surface area (Å²) in [5, 5.41) is 4.96. The lowest BCUT2D eigenvalue weighted by Crippen LogP contribution is -2.29. The van der Waals surface area contributed by atoms with Crippen molar-refractivity contribution in [3.8, 4) is 11.3 Å². The molecule has 0 N–H and O–H groups in total. The van der Waals surface area contributed by atoms with Crippen molar-refractivity contribution in [2.45, 2.75) is 33.1 Å². The van der Waals surface area contributed by atoms with Crippen LogP contribution in [0.25, 0.3) is 22.2 Å². The summed E-state index contributed by atoms with van der Waals surface area (Å²) in [6.45, 7) is 8.05. The van der Waals surface area contributed by atoms with Gasteiger partial charge in [-0.05, 0) is 55.0 Å². The Labute approximate surface area is 197 Å². The second-order valence-electron chi connectivity index (χ2n) is 8.39. The highest BCUT2D eigenvalue weighted by Gasteiger charge is 2.23. The van der Waals surface area contributed by atoms with Gasteiger partial charge in [-0.1, -0.05) is 58.7 Å². The molecule has 5 nitrogen and oxygen atoms in total. The first-order valence-corrected chi connectivity index (χ1v) is 11.4. The normalized spacial score (nSPS) is 12.2. The van der Waals surface area contributed by atoms with Crippen LogP contribution in [0, 0.1) is 6.92 Å². The quantitative estimate of drug-likeness (QED) is 0.272. The zero-order valence-electron chi connectivity index (χ0n) is 17.6. The number of halogens is 2. The van der Waals surface area contributed by atoms with Crippen LogP contribution in [-0.4, -0.2) is 15.9 Å². The van der Waals surface area contributed by atoms with Crippen LogP contribution >= 0.6 is 31.9 Å². The van der Waals surface area contributed by atoms with Crippen molar-refractivity contribution in [2.24, 2.45) is 5.10 Å². The second-order valence-corrected chi connectivity index (χ2v) is 10.2. The molecule has 0 spiro atoms. The zero-order valence-corrected chi connectivity index (χ0v) is 20.8. The summed E-state index contributed by atoms with van der Waals surface area (Å²) in [4.78, 5) is 17.9. The third-order valence-corrected chi connectivity index (χ3v) is 5.95. The molecule has 0 radical (unpaired) electrons. The molecule has 0 amide bonds. The van der Waals surface area contributed by atoms with Crippen LogP contribution in [0.2, 0.25) is 0 Å². The first-order valence-electron chi connectivity index (χ1n) is 9.77. The molecule has 0 bridgehead atoms. The summed E-state index contributed by atoms with van der Waals surface area (Å²) >= 11 is 7.01. The van der Waals surface area contributed by atoms with Crippen LogP contribution in [0.5, 0.6) is 0 Å². The minimum atomic E-state index is -0.376. The lowest BCUT2D eigenvalue weighted by molar-refractivity contribution is 0.505. The molecule has 158 valence electrons. The molecule has 7 heteroatoms. The molecule has 2 heterocycles. The molecule has 4 rings (SSSR count). The average Bonchev–Trinajstić information content (AvgIpc) is 3.15. The highest BCUT2D eigenvalue weighted by atomic mass is 79.9. The van der Waals surface area contributed by atoms with E-state index < -0.39 is 0 Å². The number of furan rings is 1. The predicted molar refractivity (Wildman–Crippen MR) is 132 cm³/mol. The highest BCUT2D eigenvalue weighted by molar-refractivity contribution is 9.10. The number of benzene rings is 2. The van der Waals surface area contributed by atoms with Gasteiger partial charge in [-0.3, -0.25) is 4.79 Å². The van der Waals surface area contributed by atoms with E-state index in [0.29, 0.717) is 22.5 Å². The van der Waals surface area contributed by atoms with Crippen molar-refractivity contribution in [3.05, 3.63) is 85.0 Å². The Bertz CT molecular complexity index is 1380. The molecule has 0 saturated heterocycles. The number of fused-ring (bicyclic) bond motifs is 1. The van der Waals surface area contributed by atoms with Gasteiger partial charge in [-0.2, -0.15) is 9.78 Å². The van der Waals surface area contributed by atoms with Gasteiger partial charge in [0.15, 0.2) is 0 Å². The summed E-state index contributed by atoms with van der Waals surface area (Å²) in [6.07, 6.45) is 1.55. The van der Waals surface area contributed by atoms with Crippen molar-refractivity contribution in [2.75, 3.05) is 0 Å². The standard InChI is InChI=1S/C24H21Br2N3O2/c1-14-5-8-17(19(26)11-14)21-10-7-16(31-21)13-27-29-22(30)18-12-15(25)6-9-20(18)28-23(29)24(2,3)4/h5-13H,1-4H3. The molecule has 4 aromatic rings. The first-order chi connectivity index (χ1) is 14.6. The van der Waals surface area contributed by atoms with Crippen LogP contribution in [-0.2, 0) is 5.41 Å². The van der Waals surface area contributed by atoms with Gasteiger partial charge >= 0.3 is 0 Å². The van der Waals surface area contributed by atoms with E-state index in [0.717, 1.165) is 25.8 Å². The molecule has 0 saturated carbocycles. The van der Waals surface area contributed by atoms with Gasteiger partial charge in [0.1, 0.15) is 17.3 Å². The molecule has 0 aliphatic rings. The Kier molecular flexibility index (Phi) is 5.75. The van der Waals surface area contributed by atoms with Crippen molar-refractivity contribution in [3.63, 3.8) is 0 Å². The van der Waals surface area contributed by atoms with E-state index in [1.165, 1.54) is 4.68 Å². The molecule has 31 heavy (non-hydrogen) atoms. The fraction of sp³-hybridized carbons (Fsp3) is 0.208. The second kappa shape index (κ2) is 8.20. The number of aromatic nitrogens is 2. The molecular formula is C24H21Br2N3O2. The number of aryl methyl sites for hydroxylation is 1. The minimum Gasteiger partial charge on any atom is -0.455 e. The Hall–Kier alpha value is -2.51. The van der Waals surface area contributed by atoms with E-state index in [1.54, 1.807) is 12.3 Å². The molecule has 0 aliphatic carbocycles. The lowest BCUT2D eigenvalue weighted by Gasteiger charge is -2.20. The zero-order chi connectivity index (χ0) is 22.3. The monoisotopic (exact) mass is 541 g/mol. The van der Waals surface area contributed by atoms with Crippen LogP contribution in [0.1, 0.15) is 37.9 Å². The SMILES string of the molecule is Cc1ccc(-c2ccc(C=Nn3c(C(C)(C)C)nc4ccc(Br)cc4c3=O)o2)c(Br)c1. The molecular weight excluding hydrogens is 522 g/mol. The smallest absolute Gasteiger partial charge is 0.282 e. The van der Waals surface area contributed by atoms with Crippen LogP contribution in [0.4, 0.5) is 0 Å². The van der Waals surface area contributed by atoms with E-state index in [1.807, 2.05) is 70.2 Å². The largest absolute Gasteiger partial charge is 0.455 e. The molecule has 0 fully saturated rings. The molecule has 0 aliphatic heterocycles. The summed E-state index contributed by atoms with van der Waals surface area (Å²) in [5.74, 6) is 1.84. The Morgan fingerprint density at radius 2 is 1.84 bits per heavy atom. The highest BCUT2D eigenvalue weighted by Crippen LogP contribution is 2.30. The molecule has 0 atom stereocenters. The maximum atomic E-state index is 13.2. The van der Waals surface area contributed by atoms with Gasteiger partial charge in [0.05, 0.1) is 17.1 Å². The fourth-order valence-corrected chi connectivity index (χ4v) is 4.29. The number of rotatable bonds is 3. The van der Waals surface area contributed by atoms with Crippen LogP contribution in [0.3, 0.4) is 0 Å². The van der Waals surface area contributed by atoms with Gasteiger partial charge < -0.3 is 4.42 Å². The topological polar surface area (TPSA) is 60.4 Å². The third kappa shape index (κ3) is 4.43. The number of hydrogen-bond donors (Lipinski definition) is 0. The van der Waals surface area contributed by atoms with E-state index in [2.05, 4.69) is 37.0 Å². The third-order valence-electron chi connectivity index (χ3n) is 4.80. The van der Waals surface area contributed by atoms with E-state index >= 15 is 0 Å². The van der Waals surface area contributed by atoms with Gasteiger partial charge in [-0.15, -0.1) is 0 Å². The Morgan fingerprint density at radius 3 is 2.55 bits per heavy atom. The van der Waals surface area contributed by atoms with Crippen LogP contribution < -0.4 is 5.56 Å². The van der Waals surface area contributed by atoms with Crippen molar-refractivity contribution >= 4 is 49.0 Å². The average molecular weight is 543 g/mol. The van der Waals surface area contributed by atoms with Gasteiger partial charge in [0, 0.05) is 19.9 Å². The maximum Gasteiger partial charge on any atom is 0.282 e. The fourth-order valence-electron chi connectivity index (χ4n) is 3.24. The Balaban J connectivity index is 1.79. The first kappa shape index (κ1) is 21.7. The number of nitrogens with zero attached hydrogens (tertiary/aromatic N) is 3. The Morgan fingerprint density at radius 1 is 1.06 bits per heavy atom. The lowest BCUT2D eigenvalue weighted by atomic mass is 9.95. The summed E-state index contributed by atoms with van der Waals surface area (Å²) in [7, 11) is 0. The molecule has 0 unspecified atom stereocenters. The van der Waals surface area contributed by atoms with Crippen molar-refractivity contribution in [1.29, 1.82) is 0 Å². The summed E-state index contributed by atoms with van der Waals surface area (Å²) < 4.78 is 9.10. The van der Waals surface area contributed by atoms with Crippen molar-refractivity contribution < 1.29 is 4.42 Å². The van der Waals surface area contributed by atoms with Crippen LogP contribution in [0.15, 0.2) is 71.8 Å². The van der Waals surface area contributed by atoms with E-state index in [-0.39, 0.29) is 11.0 Å². The maximum absolute atomic E-state index is 13.2. The van der Waals surface area contributed by atoms with E-state index in [9.17, 15) is 4.79 Å². The van der Waals surface area contributed by atoms with Gasteiger partial charge in [0.25, 0.3) is 5.56 Å². The molecule has 2 aromatic carbocycles. The summed E-state index contributed by atoms with van der Waals surface area (Å²) in [5.41, 5.74) is 2.16. The van der Waals surface area contributed by atoms with Gasteiger partial charge in [0.2, 0.25) is 0 Å². The van der Waals surface area contributed by atoms with Crippen molar-refractivity contribution in [1.82, 2.24) is 9.66 Å². The number of hydrogen-bond acceptors (Lipinski definition) is 4. The van der Waals surface area contributed by atoms with Gasteiger partial charge in [-0.25, -0.2) is 4.98 Å². The minimum absolute atomic E-state index is 0.222. The molecule has 2 aromatic heterocycles.